The van der Waals surface area contributed by atoms with Gasteiger partial charge in [0.1, 0.15) is 5.75 Å². The summed E-state index contributed by atoms with van der Waals surface area (Å²) in [6.45, 7) is 4.00. The van der Waals surface area contributed by atoms with E-state index in [-0.39, 0.29) is 11.9 Å². The van der Waals surface area contributed by atoms with Crippen LogP contribution < -0.4 is 15.8 Å². The highest BCUT2D eigenvalue weighted by atomic mass is 16.5. The fourth-order valence-corrected chi connectivity index (χ4v) is 1.93. The lowest BCUT2D eigenvalue weighted by atomic mass is 10.1. The predicted molar refractivity (Wildman–Crippen MR) is 83.4 cm³/mol. The molecule has 5 nitrogen and oxygen atoms in total. The van der Waals surface area contributed by atoms with Crippen LogP contribution >= 0.6 is 0 Å². The second-order valence-corrected chi connectivity index (χ2v) is 4.93. The van der Waals surface area contributed by atoms with Gasteiger partial charge in [-0.3, -0.25) is 4.79 Å². The molecule has 21 heavy (non-hydrogen) atoms. The van der Waals surface area contributed by atoms with E-state index in [0.29, 0.717) is 19.6 Å². The number of benzene rings is 1. The van der Waals surface area contributed by atoms with Crippen molar-refractivity contribution in [1.29, 1.82) is 0 Å². The summed E-state index contributed by atoms with van der Waals surface area (Å²) in [5.41, 5.74) is 6.57. The summed E-state index contributed by atoms with van der Waals surface area (Å²) in [4.78, 5) is 11.3. The van der Waals surface area contributed by atoms with Crippen LogP contribution in [0.5, 0.6) is 5.75 Å². The molecule has 1 aromatic carbocycles. The van der Waals surface area contributed by atoms with E-state index >= 15 is 0 Å². The molecule has 3 N–H and O–H groups in total. The van der Waals surface area contributed by atoms with Gasteiger partial charge in [0.05, 0.1) is 19.3 Å². The van der Waals surface area contributed by atoms with Gasteiger partial charge in [-0.1, -0.05) is 19.1 Å². The first-order chi connectivity index (χ1) is 10.2. The fraction of sp³-hybridized carbons (Fsp3) is 0.562. The quantitative estimate of drug-likeness (QED) is 0.648. The first-order valence-electron chi connectivity index (χ1n) is 7.40. The zero-order chi connectivity index (χ0) is 15.5. The van der Waals surface area contributed by atoms with Gasteiger partial charge in [0, 0.05) is 13.5 Å². The van der Waals surface area contributed by atoms with Crippen LogP contribution in [-0.4, -0.2) is 38.8 Å². The summed E-state index contributed by atoms with van der Waals surface area (Å²) in [6.07, 6.45) is 2.43. The molecule has 1 unspecified atom stereocenters. The van der Waals surface area contributed by atoms with Gasteiger partial charge in [-0.05, 0) is 37.1 Å². The van der Waals surface area contributed by atoms with E-state index in [1.807, 2.05) is 31.2 Å². The van der Waals surface area contributed by atoms with E-state index in [1.165, 1.54) is 5.56 Å². The first kappa shape index (κ1) is 17.5. The average Bonchev–Trinajstić information content (AvgIpc) is 2.49. The van der Waals surface area contributed by atoms with E-state index in [1.54, 1.807) is 7.11 Å². The first-order valence-corrected chi connectivity index (χ1v) is 7.40. The number of rotatable bonds is 11. The van der Waals surface area contributed by atoms with E-state index in [2.05, 4.69) is 5.32 Å². The molecule has 0 aromatic heterocycles. The number of hydrogen-bond acceptors (Lipinski definition) is 4. The maximum Gasteiger partial charge on any atom is 0.234 e. The molecule has 5 heteroatoms. The lowest BCUT2D eigenvalue weighted by Crippen LogP contribution is -2.42. The maximum absolute atomic E-state index is 11.3. The van der Waals surface area contributed by atoms with Gasteiger partial charge in [0.2, 0.25) is 5.91 Å². The minimum atomic E-state index is -0.332. The number of methoxy groups -OCH3 is 1. The van der Waals surface area contributed by atoms with Gasteiger partial charge in [-0.2, -0.15) is 0 Å². The lowest BCUT2D eigenvalue weighted by molar-refractivity contribution is -0.120. The van der Waals surface area contributed by atoms with Crippen LogP contribution in [0.1, 0.15) is 25.3 Å². The molecule has 0 bridgehead atoms. The van der Waals surface area contributed by atoms with Gasteiger partial charge >= 0.3 is 0 Å². The van der Waals surface area contributed by atoms with Crippen LogP contribution in [0.2, 0.25) is 0 Å². The summed E-state index contributed by atoms with van der Waals surface area (Å²) >= 11 is 0. The number of hydrogen-bond donors (Lipinski definition) is 2. The zero-order valence-electron chi connectivity index (χ0n) is 12.9. The summed E-state index contributed by atoms with van der Waals surface area (Å²) < 4.78 is 10.7. The van der Waals surface area contributed by atoms with Crippen LogP contribution in [0.15, 0.2) is 24.3 Å². The summed E-state index contributed by atoms with van der Waals surface area (Å²) in [6, 6.07) is 7.59. The standard InChI is InChI=1S/C16H26N2O3/c1-3-10-18-15(16(17)19)9-12-21-14-6-4-13(5-7-14)8-11-20-2/h4-7,15,18H,3,8-12H2,1-2H3,(H2,17,19). The molecule has 0 saturated heterocycles. The third-order valence-corrected chi connectivity index (χ3v) is 3.18. The molecular formula is C16H26N2O3. The van der Waals surface area contributed by atoms with Crippen LogP contribution in [-0.2, 0) is 16.0 Å². The van der Waals surface area contributed by atoms with Crippen molar-refractivity contribution in [1.82, 2.24) is 5.32 Å². The molecule has 0 aliphatic rings. The Morgan fingerprint density at radius 1 is 1.29 bits per heavy atom. The molecule has 0 fully saturated rings. The Morgan fingerprint density at radius 3 is 2.57 bits per heavy atom. The Labute approximate surface area is 126 Å². The van der Waals surface area contributed by atoms with Gasteiger partial charge in [-0.25, -0.2) is 0 Å². The van der Waals surface area contributed by atoms with E-state index < -0.39 is 0 Å². The minimum absolute atomic E-state index is 0.328. The second-order valence-electron chi connectivity index (χ2n) is 4.93. The monoisotopic (exact) mass is 294 g/mol. The molecule has 0 aliphatic carbocycles. The molecule has 0 aliphatic heterocycles. The molecule has 1 aromatic rings. The number of nitrogens with one attached hydrogen (secondary N) is 1. The summed E-state index contributed by atoms with van der Waals surface area (Å²) in [7, 11) is 1.69. The second kappa shape index (κ2) is 10.2. The van der Waals surface area contributed by atoms with E-state index in [0.717, 1.165) is 25.1 Å². The number of primary amides is 1. The average molecular weight is 294 g/mol. The molecule has 0 heterocycles. The SMILES string of the molecule is CCCNC(CCOc1ccc(CCOC)cc1)C(N)=O. The Kier molecular flexibility index (Phi) is 8.47. The van der Waals surface area contributed by atoms with Crippen LogP contribution in [0.25, 0.3) is 0 Å². The molecule has 0 radical (unpaired) electrons. The highest BCUT2D eigenvalue weighted by Crippen LogP contribution is 2.13. The van der Waals surface area contributed by atoms with Crippen LogP contribution in [0.3, 0.4) is 0 Å². The van der Waals surface area contributed by atoms with Crippen molar-refractivity contribution in [2.24, 2.45) is 5.73 Å². The number of carbonyl (C=O) groups is 1. The normalized spacial score (nSPS) is 12.1. The molecule has 1 rings (SSSR count). The molecule has 0 saturated carbocycles. The third-order valence-electron chi connectivity index (χ3n) is 3.18. The topological polar surface area (TPSA) is 73.6 Å². The van der Waals surface area contributed by atoms with Crippen LogP contribution in [0.4, 0.5) is 0 Å². The number of amides is 1. The summed E-state index contributed by atoms with van der Waals surface area (Å²) in [5.74, 6) is 0.469. The van der Waals surface area contributed by atoms with Crippen molar-refractivity contribution in [2.75, 3.05) is 26.9 Å². The molecule has 0 spiro atoms. The lowest BCUT2D eigenvalue weighted by Gasteiger charge is -2.15. The van der Waals surface area contributed by atoms with Crippen LogP contribution in [0, 0.1) is 0 Å². The Balaban J connectivity index is 2.34. The number of nitrogens with two attached hydrogens (primary N) is 1. The highest BCUT2D eigenvalue weighted by molar-refractivity contribution is 5.79. The third kappa shape index (κ3) is 7.11. The number of carbonyl (C=O) groups excluding carboxylic acids is 1. The highest BCUT2D eigenvalue weighted by Gasteiger charge is 2.13. The van der Waals surface area contributed by atoms with E-state index in [4.69, 9.17) is 15.2 Å². The van der Waals surface area contributed by atoms with Crippen molar-refractivity contribution in [3.8, 4) is 5.75 Å². The van der Waals surface area contributed by atoms with Crippen molar-refractivity contribution >= 4 is 5.91 Å². The molecule has 1 amide bonds. The molecular weight excluding hydrogens is 268 g/mol. The minimum Gasteiger partial charge on any atom is -0.494 e. The largest absolute Gasteiger partial charge is 0.494 e. The van der Waals surface area contributed by atoms with Crippen molar-refractivity contribution in [2.45, 2.75) is 32.2 Å². The maximum atomic E-state index is 11.3. The van der Waals surface area contributed by atoms with E-state index in [9.17, 15) is 4.79 Å². The molecule has 1 atom stereocenters. The Hall–Kier alpha value is -1.59. The fourth-order valence-electron chi connectivity index (χ4n) is 1.93. The Morgan fingerprint density at radius 2 is 2.00 bits per heavy atom. The van der Waals surface area contributed by atoms with Gasteiger partial charge < -0.3 is 20.5 Å². The van der Waals surface area contributed by atoms with Crippen molar-refractivity contribution in [3.05, 3.63) is 29.8 Å². The van der Waals surface area contributed by atoms with Gasteiger partial charge in [0.15, 0.2) is 0 Å². The predicted octanol–water partition coefficient (Wildman–Crippen LogP) is 1.50. The zero-order valence-corrected chi connectivity index (χ0v) is 12.9. The van der Waals surface area contributed by atoms with Gasteiger partial charge in [-0.15, -0.1) is 0 Å². The number of ether oxygens (including phenoxy) is 2. The van der Waals surface area contributed by atoms with Crippen molar-refractivity contribution in [3.63, 3.8) is 0 Å². The van der Waals surface area contributed by atoms with Crippen molar-refractivity contribution < 1.29 is 14.3 Å². The smallest absolute Gasteiger partial charge is 0.234 e. The summed E-state index contributed by atoms with van der Waals surface area (Å²) in [5, 5.41) is 3.12. The molecule has 118 valence electrons. The Bertz CT molecular complexity index is 406. The van der Waals surface area contributed by atoms with Gasteiger partial charge in [0.25, 0.3) is 0 Å².